The fourth-order valence-electron chi connectivity index (χ4n) is 3.36. The molecule has 1 fully saturated rings. The molecule has 0 bridgehead atoms. The Labute approximate surface area is 136 Å². The van der Waals surface area contributed by atoms with E-state index in [1.165, 1.54) is 18.5 Å². The predicted molar refractivity (Wildman–Crippen MR) is 85.7 cm³/mol. The Morgan fingerprint density at radius 3 is 2.96 bits per heavy atom. The normalized spacial score (nSPS) is 21.3. The summed E-state index contributed by atoms with van der Waals surface area (Å²) in [6.45, 7) is 3.49. The molecule has 1 saturated carbocycles. The van der Waals surface area contributed by atoms with Crippen molar-refractivity contribution in [1.82, 2.24) is 24.9 Å². The molecule has 0 spiro atoms. The highest BCUT2D eigenvalue weighted by Crippen LogP contribution is 2.33. The maximum Gasteiger partial charge on any atom is 0.105 e. The predicted octanol–water partition coefficient (Wildman–Crippen LogP) is 1.83. The van der Waals surface area contributed by atoms with Crippen molar-refractivity contribution in [3.8, 4) is 0 Å². The smallest absolute Gasteiger partial charge is 0.105 e. The monoisotopic (exact) mass is 313 g/mol. The number of rotatable bonds is 6. The summed E-state index contributed by atoms with van der Waals surface area (Å²) in [6, 6.07) is 6.23. The number of hydrogen-bond acceptors (Lipinski definition) is 5. The molecule has 6 nitrogen and oxygen atoms in total. The average Bonchev–Trinajstić information content (AvgIpc) is 3.30. The van der Waals surface area contributed by atoms with Gasteiger partial charge in [-0.25, -0.2) is 4.68 Å². The van der Waals surface area contributed by atoms with Crippen LogP contribution in [-0.4, -0.2) is 45.1 Å². The molecule has 6 heteroatoms. The molecule has 122 valence electrons. The second-order valence-electron chi connectivity index (χ2n) is 6.56. The number of fused-ring (bicyclic) bond motifs is 1. The first-order valence-corrected chi connectivity index (χ1v) is 8.40. The lowest BCUT2D eigenvalue weighted by Gasteiger charge is -2.34. The van der Waals surface area contributed by atoms with E-state index < -0.39 is 0 Å². The third-order valence-corrected chi connectivity index (χ3v) is 4.80. The highest BCUT2D eigenvalue weighted by atomic mass is 16.5. The number of pyridine rings is 1. The van der Waals surface area contributed by atoms with Gasteiger partial charge < -0.3 is 4.74 Å². The molecule has 4 rings (SSSR count). The summed E-state index contributed by atoms with van der Waals surface area (Å²) >= 11 is 0. The van der Waals surface area contributed by atoms with E-state index in [0.29, 0.717) is 6.61 Å². The lowest BCUT2D eigenvalue weighted by atomic mass is 10.0. The molecule has 2 aliphatic rings. The molecule has 1 aliphatic heterocycles. The molecule has 0 unspecified atom stereocenters. The summed E-state index contributed by atoms with van der Waals surface area (Å²) in [7, 11) is 1.75. The van der Waals surface area contributed by atoms with E-state index in [9.17, 15) is 0 Å². The van der Waals surface area contributed by atoms with E-state index in [1.54, 1.807) is 7.11 Å². The first kappa shape index (κ1) is 14.8. The van der Waals surface area contributed by atoms with Crippen LogP contribution in [-0.2, 0) is 24.2 Å². The van der Waals surface area contributed by atoms with Crippen LogP contribution in [0.4, 0.5) is 0 Å². The fourth-order valence-corrected chi connectivity index (χ4v) is 3.36. The van der Waals surface area contributed by atoms with Crippen molar-refractivity contribution in [2.45, 2.75) is 38.4 Å². The number of methoxy groups -OCH3 is 1. The quantitative estimate of drug-likeness (QED) is 0.814. The van der Waals surface area contributed by atoms with Crippen molar-refractivity contribution >= 4 is 0 Å². The van der Waals surface area contributed by atoms with E-state index in [1.807, 2.05) is 18.3 Å². The van der Waals surface area contributed by atoms with Crippen LogP contribution in [0.3, 0.4) is 0 Å². The molecule has 23 heavy (non-hydrogen) atoms. The molecule has 0 amide bonds. The number of nitrogens with zero attached hydrogens (tertiary/aromatic N) is 5. The minimum Gasteiger partial charge on any atom is -0.383 e. The lowest BCUT2D eigenvalue weighted by Crippen LogP contribution is -2.38. The molecule has 0 saturated heterocycles. The van der Waals surface area contributed by atoms with Crippen LogP contribution in [0.1, 0.15) is 36.0 Å². The molecular weight excluding hydrogens is 290 g/mol. The summed E-state index contributed by atoms with van der Waals surface area (Å²) in [5.74, 6) is 0.813. The molecule has 0 radical (unpaired) electrons. The number of hydrogen-bond donors (Lipinski definition) is 0. The van der Waals surface area contributed by atoms with E-state index >= 15 is 0 Å². The van der Waals surface area contributed by atoms with Gasteiger partial charge in [0.05, 0.1) is 24.0 Å². The van der Waals surface area contributed by atoms with Crippen molar-refractivity contribution < 1.29 is 4.74 Å². The average molecular weight is 313 g/mol. The van der Waals surface area contributed by atoms with Crippen LogP contribution in [0.2, 0.25) is 0 Å². The second-order valence-corrected chi connectivity index (χ2v) is 6.56. The van der Waals surface area contributed by atoms with Crippen LogP contribution < -0.4 is 0 Å². The van der Waals surface area contributed by atoms with Gasteiger partial charge in [0, 0.05) is 39.4 Å². The van der Waals surface area contributed by atoms with Crippen molar-refractivity contribution in [1.29, 1.82) is 0 Å². The van der Waals surface area contributed by atoms with Gasteiger partial charge >= 0.3 is 0 Å². The first-order chi connectivity index (χ1) is 11.3. The van der Waals surface area contributed by atoms with Gasteiger partial charge in [-0.1, -0.05) is 11.3 Å². The topological polar surface area (TPSA) is 56.1 Å². The molecule has 2 aromatic rings. The Kier molecular flexibility index (Phi) is 4.10. The molecule has 1 atom stereocenters. The van der Waals surface area contributed by atoms with Gasteiger partial charge in [0.25, 0.3) is 0 Å². The van der Waals surface area contributed by atoms with Crippen LogP contribution in [0.15, 0.2) is 24.4 Å². The maximum absolute atomic E-state index is 5.47. The number of aromatic nitrogens is 4. The van der Waals surface area contributed by atoms with Gasteiger partial charge in [-0.3, -0.25) is 9.88 Å². The first-order valence-electron chi connectivity index (χ1n) is 8.40. The second kappa shape index (κ2) is 6.37. The molecular formula is C17H23N5O. The summed E-state index contributed by atoms with van der Waals surface area (Å²) < 4.78 is 7.60. The van der Waals surface area contributed by atoms with Gasteiger partial charge in [-0.05, 0) is 30.9 Å². The Balaban J connectivity index is 1.56. The fraction of sp³-hybridized carbons (Fsp3) is 0.588. The third-order valence-electron chi connectivity index (χ3n) is 4.80. The molecule has 3 heterocycles. The van der Waals surface area contributed by atoms with Gasteiger partial charge in [0.2, 0.25) is 0 Å². The summed E-state index contributed by atoms with van der Waals surface area (Å²) in [6.07, 6.45) is 5.52. The molecule has 0 aromatic carbocycles. The summed E-state index contributed by atoms with van der Waals surface area (Å²) in [5, 5.41) is 8.92. The van der Waals surface area contributed by atoms with Gasteiger partial charge in [-0.15, -0.1) is 5.10 Å². The molecule has 2 aromatic heterocycles. The van der Waals surface area contributed by atoms with E-state index in [2.05, 4.69) is 30.9 Å². The Morgan fingerprint density at radius 1 is 1.30 bits per heavy atom. The zero-order valence-electron chi connectivity index (χ0n) is 13.6. The molecule has 1 aliphatic carbocycles. The molecule has 0 N–H and O–H groups in total. The van der Waals surface area contributed by atoms with Crippen LogP contribution >= 0.6 is 0 Å². The summed E-state index contributed by atoms with van der Waals surface area (Å²) in [5.41, 5.74) is 3.48. The van der Waals surface area contributed by atoms with E-state index in [0.717, 1.165) is 43.4 Å². The van der Waals surface area contributed by atoms with E-state index in [4.69, 9.17) is 4.74 Å². The maximum atomic E-state index is 5.47. The van der Waals surface area contributed by atoms with Crippen molar-refractivity contribution in [3.63, 3.8) is 0 Å². The minimum atomic E-state index is 0.165. The zero-order chi connectivity index (χ0) is 15.6. The Bertz CT molecular complexity index is 652. The van der Waals surface area contributed by atoms with Crippen LogP contribution in [0.25, 0.3) is 0 Å². The Morgan fingerprint density at radius 2 is 2.22 bits per heavy atom. The van der Waals surface area contributed by atoms with E-state index in [-0.39, 0.29) is 6.04 Å². The van der Waals surface area contributed by atoms with Crippen molar-refractivity contribution in [2.75, 3.05) is 20.3 Å². The standard InChI is InChI=1S/C17H23N5O/c1-23-12-16-17-15(22(20-19-17)10-13-5-6-13)7-9-21(16)11-14-4-2-3-8-18-14/h2-4,8,13,16H,5-7,9-12H2,1H3/t16-/m0/s1. The van der Waals surface area contributed by atoms with Crippen LogP contribution in [0, 0.1) is 5.92 Å². The highest BCUT2D eigenvalue weighted by molar-refractivity contribution is 5.20. The lowest BCUT2D eigenvalue weighted by molar-refractivity contribution is 0.0741. The summed E-state index contributed by atoms with van der Waals surface area (Å²) in [4.78, 5) is 6.86. The van der Waals surface area contributed by atoms with Gasteiger partial charge in [0.15, 0.2) is 0 Å². The highest BCUT2D eigenvalue weighted by Gasteiger charge is 2.33. The SMILES string of the molecule is COC[C@H]1c2nnn(CC3CC3)c2CCN1Cc1ccccn1. The third kappa shape index (κ3) is 3.14. The Hall–Kier alpha value is -1.79. The zero-order valence-corrected chi connectivity index (χ0v) is 13.6. The minimum absolute atomic E-state index is 0.165. The largest absolute Gasteiger partial charge is 0.383 e. The van der Waals surface area contributed by atoms with Crippen molar-refractivity contribution in [2.24, 2.45) is 5.92 Å². The van der Waals surface area contributed by atoms with Gasteiger partial charge in [0.1, 0.15) is 5.69 Å². The van der Waals surface area contributed by atoms with Crippen molar-refractivity contribution in [3.05, 3.63) is 41.5 Å². The number of ether oxygens (including phenoxy) is 1. The van der Waals surface area contributed by atoms with Crippen LogP contribution in [0.5, 0.6) is 0 Å². The van der Waals surface area contributed by atoms with Gasteiger partial charge in [-0.2, -0.15) is 0 Å².